The maximum atomic E-state index is 12.9. The highest BCUT2D eigenvalue weighted by molar-refractivity contribution is 5.71. The predicted molar refractivity (Wildman–Crippen MR) is 358 cm³/mol. The first kappa shape index (κ1) is 78.6. The van der Waals surface area contributed by atoms with Gasteiger partial charge in [-0.05, 0) is 116 Å². The molecule has 6 nitrogen and oxygen atoms in total. The molecule has 0 fully saturated rings. The number of carbonyl (C=O) groups is 3. The SMILES string of the molecule is CC/C=C\C/C=C\C/C=C\C/C=C\C/C=C\CCCCCCCCCCCCCCCCCCCCCC(=O)OCC(COC(=O)CCCCCCC/C=C\CCCCC)OC(=O)CCCCCCCCC/C=C\CCCCCCCC. The molecule has 0 aromatic rings. The second-order valence-corrected chi connectivity index (χ2v) is 23.8. The fraction of sp³-hybridized carbons (Fsp3) is 0.776. The molecule has 0 amide bonds. The Bertz CT molecular complexity index is 1550. The number of hydrogen-bond donors (Lipinski definition) is 0. The number of rotatable bonds is 65. The van der Waals surface area contributed by atoms with Gasteiger partial charge in [0.15, 0.2) is 6.10 Å². The summed E-state index contributed by atoms with van der Waals surface area (Å²) in [6.45, 7) is 6.53. The van der Waals surface area contributed by atoms with Crippen LogP contribution in [0.2, 0.25) is 0 Å². The smallest absolute Gasteiger partial charge is 0.306 e. The molecular formula is C76H134O6. The highest BCUT2D eigenvalue weighted by Gasteiger charge is 2.19. The summed E-state index contributed by atoms with van der Waals surface area (Å²) in [6.07, 6.45) is 93.4. The minimum Gasteiger partial charge on any atom is -0.462 e. The molecule has 0 aliphatic carbocycles. The molecule has 0 rings (SSSR count). The number of ether oxygens (including phenoxy) is 3. The molecule has 0 heterocycles. The molecule has 474 valence electrons. The fourth-order valence-electron chi connectivity index (χ4n) is 10.3. The lowest BCUT2D eigenvalue weighted by Crippen LogP contribution is -2.30. The molecule has 0 aliphatic heterocycles. The van der Waals surface area contributed by atoms with Crippen LogP contribution in [0, 0.1) is 0 Å². The van der Waals surface area contributed by atoms with Gasteiger partial charge in [0.25, 0.3) is 0 Å². The summed E-state index contributed by atoms with van der Waals surface area (Å²) in [5, 5.41) is 0. The van der Waals surface area contributed by atoms with Crippen LogP contribution >= 0.6 is 0 Å². The van der Waals surface area contributed by atoms with Crippen LogP contribution in [0.5, 0.6) is 0 Å². The Morgan fingerprint density at radius 2 is 0.476 bits per heavy atom. The Morgan fingerprint density at radius 3 is 0.780 bits per heavy atom. The van der Waals surface area contributed by atoms with E-state index in [2.05, 4.69) is 106 Å². The average molecular weight is 1140 g/mol. The minimum atomic E-state index is -0.780. The second kappa shape index (κ2) is 70.1. The summed E-state index contributed by atoms with van der Waals surface area (Å²) < 4.78 is 16.9. The van der Waals surface area contributed by atoms with Gasteiger partial charge in [0.05, 0.1) is 0 Å². The van der Waals surface area contributed by atoms with Gasteiger partial charge in [-0.15, -0.1) is 0 Å². The van der Waals surface area contributed by atoms with Crippen molar-refractivity contribution < 1.29 is 28.6 Å². The molecule has 0 saturated carbocycles. The predicted octanol–water partition coefficient (Wildman–Crippen LogP) is 24.6. The molecular weight excluding hydrogens is 1010 g/mol. The Labute approximate surface area is 509 Å². The molecule has 0 spiro atoms. The summed E-state index contributed by atoms with van der Waals surface area (Å²) in [5.41, 5.74) is 0. The monoisotopic (exact) mass is 1140 g/mol. The van der Waals surface area contributed by atoms with Crippen LogP contribution in [0.4, 0.5) is 0 Å². The van der Waals surface area contributed by atoms with Crippen LogP contribution in [0.3, 0.4) is 0 Å². The third-order valence-corrected chi connectivity index (χ3v) is 15.6. The molecule has 1 unspecified atom stereocenters. The average Bonchev–Trinajstić information content (AvgIpc) is 3.47. The Balaban J connectivity index is 4.11. The van der Waals surface area contributed by atoms with Crippen LogP contribution in [0.25, 0.3) is 0 Å². The third kappa shape index (κ3) is 67.4. The minimum absolute atomic E-state index is 0.0759. The van der Waals surface area contributed by atoms with Crippen LogP contribution in [0.1, 0.15) is 361 Å². The topological polar surface area (TPSA) is 78.9 Å². The second-order valence-electron chi connectivity index (χ2n) is 23.8. The van der Waals surface area contributed by atoms with Crippen molar-refractivity contribution >= 4 is 17.9 Å². The van der Waals surface area contributed by atoms with Crippen molar-refractivity contribution in [3.05, 3.63) is 85.1 Å². The van der Waals surface area contributed by atoms with Crippen LogP contribution < -0.4 is 0 Å². The first-order valence-corrected chi connectivity index (χ1v) is 35.6. The van der Waals surface area contributed by atoms with E-state index in [0.29, 0.717) is 19.3 Å². The zero-order valence-corrected chi connectivity index (χ0v) is 54.5. The Morgan fingerprint density at radius 1 is 0.256 bits per heavy atom. The zero-order valence-electron chi connectivity index (χ0n) is 54.5. The van der Waals surface area contributed by atoms with Crippen LogP contribution in [-0.2, 0) is 28.6 Å². The Kier molecular flexibility index (Phi) is 67.2. The number of carbonyl (C=O) groups excluding carboxylic acids is 3. The lowest BCUT2D eigenvalue weighted by atomic mass is 10.0. The van der Waals surface area contributed by atoms with E-state index in [-0.39, 0.29) is 31.1 Å². The van der Waals surface area contributed by atoms with Crippen LogP contribution in [-0.4, -0.2) is 37.2 Å². The van der Waals surface area contributed by atoms with Gasteiger partial charge in [-0.3, -0.25) is 14.4 Å². The van der Waals surface area contributed by atoms with E-state index in [1.807, 2.05) is 0 Å². The molecule has 0 bridgehead atoms. The summed E-state index contributed by atoms with van der Waals surface area (Å²) in [5.74, 6) is -0.871. The van der Waals surface area contributed by atoms with Crippen molar-refractivity contribution in [2.24, 2.45) is 0 Å². The van der Waals surface area contributed by atoms with Gasteiger partial charge in [0, 0.05) is 19.3 Å². The third-order valence-electron chi connectivity index (χ3n) is 15.6. The van der Waals surface area contributed by atoms with Gasteiger partial charge < -0.3 is 14.2 Å². The van der Waals surface area contributed by atoms with Crippen molar-refractivity contribution in [1.82, 2.24) is 0 Å². The van der Waals surface area contributed by atoms with Crippen LogP contribution in [0.15, 0.2) is 85.1 Å². The van der Waals surface area contributed by atoms with E-state index in [1.165, 1.54) is 225 Å². The van der Waals surface area contributed by atoms with Gasteiger partial charge >= 0.3 is 17.9 Å². The van der Waals surface area contributed by atoms with Gasteiger partial charge in [0.2, 0.25) is 0 Å². The normalized spacial score (nSPS) is 12.6. The Hall–Kier alpha value is -3.41. The van der Waals surface area contributed by atoms with Gasteiger partial charge in [-0.2, -0.15) is 0 Å². The molecule has 0 aliphatic rings. The molecule has 0 saturated heterocycles. The van der Waals surface area contributed by atoms with E-state index in [9.17, 15) is 14.4 Å². The first-order chi connectivity index (χ1) is 40.5. The number of allylic oxidation sites excluding steroid dienone is 14. The molecule has 0 aromatic carbocycles. The lowest BCUT2D eigenvalue weighted by molar-refractivity contribution is -0.167. The van der Waals surface area contributed by atoms with Crippen molar-refractivity contribution in [3.63, 3.8) is 0 Å². The highest BCUT2D eigenvalue weighted by atomic mass is 16.6. The van der Waals surface area contributed by atoms with E-state index >= 15 is 0 Å². The standard InChI is InChI=1S/C76H134O6/c1-4-7-10-13-16-19-22-25-27-29-30-31-32-33-34-35-36-37-38-39-40-41-42-43-44-45-46-48-49-51-54-57-60-63-66-69-75(78)81-72-73(71-80-74(77)68-65-62-59-56-53-24-21-18-15-12-9-6-3)82-76(79)70-67-64-61-58-55-52-50-47-28-26-23-20-17-14-11-8-5-2/h7,10,16,18-19,21,25-28,30-31,33-34,73H,4-6,8-9,11-15,17,20,22-24,29,32,35-72H2,1-3H3/b10-7-,19-16-,21-18-,27-25-,28-26-,31-30-,34-33-. The highest BCUT2D eigenvalue weighted by Crippen LogP contribution is 2.18. The zero-order chi connectivity index (χ0) is 59.2. The largest absolute Gasteiger partial charge is 0.462 e. The van der Waals surface area contributed by atoms with Crippen molar-refractivity contribution in [2.45, 2.75) is 367 Å². The first-order valence-electron chi connectivity index (χ1n) is 35.6. The number of esters is 3. The van der Waals surface area contributed by atoms with Gasteiger partial charge in [-0.1, -0.05) is 311 Å². The molecule has 82 heavy (non-hydrogen) atoms. The van der Waals surface area contributed by atoms with Gasteiger partial charge in [-0.25, -0.2) is 0 Å². The molecule has 1 atom stereocenters. The number of hydrogen-bond acceptors (Lipinski definition) is 6. The van der Waals surface area contributed by atoms with E-state index in [1.54, 1.807) is 0 Å². The van der Waals surface area contributed by atoms with Crippen molar-refractivity contribution in [2.75, 3.05) is 13.2 Å². The summed E-state index contributed by atoms with van der Waals surface area (Å²) in [6, 6.07) is 0. The molecule has 6 heteroatoms. The molecule has 0 radical (unpaired) electrons. The van der Waals surface area contributed by atoms with Crippen molar-refractivity contribution in [3.8, 4) is 0 Å². The summed E-state index contributed by atoms with van der Waals surface area (Å²) in [7, 11) is 0. The maximum Gasteiger partial charge on any atom is 0.306 e. The fourth-order valence-corrected chi connectivity index (χ4v) is 10.3. The lowest BCUT2D eigenvalue weighted by Gasteiger charge is -2.18. The molecule has 0 aromatic heterocycles. The number of unbranched alkanes of at least 4 members (excludes halogenated alkanes) is 40. The van der Waals surface area contributed by atoms with Crippen molar-refractivity contribution in [1.29, 1.82) is 0 Å². The summed E-state index contributed by atoms with van der Waals surface area (Å²) >= 11 is 0. The van der Waals surface area contributed by atoms with E-state index < -0.39 is 6.10 Å². The quantitative estimate of drug-likeness (QED) is 0.0261. The van der Waals surface area contributed by atoms with Gasteiger partial charge in [0.1, 0.15) is 13.2 Å². The van der Waals surface area contributed by atoms with E-state index in [0.717, 1.165) is 96.3 Å². The molecule has 0 N–H and O–H groups in total. The maximum absolute atomic E-state index is 12.9. The van der Waals surface area contributed by atoms with E-state index in [4.69, 9.17) is 14.2 Å². The summed E-state index contributed by atoms with van der Waals surface area (Å²) in [4.78, 5) is 38.3.